The first-order valence-corrected chi connectivity index (χ1v) is 14.5. The van der Waals surface area contributed by atoms with E-state index < -0.39 is 15.6 Å². The fraction of sp³-hybridized carbons (Fsp3) is 0.500. The SMILES string of the molecule is Cc1cc(O)cc(C)c1S(=O)(=O)N(C)CCC(=O)NCc1cccc(N2CCN(C(=O)OC(C)(C)C)CC2)c1. The van der Waals surface area contributed by atoms with Gasteiger partial charge in [0.05, 0.1) is 4.90 Å². The summed E-state index contributed by atoms with van der Waals surface area (Å²) in [5.74, 6) is -0.245. The van der Waals surface area contributed by atoms with Gasteiger partial charge in [0.1, 0.15) is 11.4 Å². The first-order chi connectivity index (χ1) is 18.2. The summed E-state index contributed by atoms with van der Waals surface area (Å²) in [5.41, 5.74) is 2.31. The predicted octanol–water partition coefficient (Wildman–Crippen LogP) is 3.39. The number of nitrogens with zero attached hydrogens (tertiary/aromatic N) is 3. The number of carbonyl (C=O) groups is 2. The summed E-state index contributed by atoms with van der Waals surface area (Å²) < 4.78 is 32.8. The number of amides is 2. The number of ether oxygens (including phenoxy) is 1. The molecule has 0 radical (unpaired) electrons. The van der Waals surface area contributed by atoms with Crippen LogP contribution in [0, 0.1) is 13.8 Å². The molecule has 10 nitrogen and oxygen atoms in total. The van der Waals surface area contributed by atoms with Crippen molar-refractivity contribution in [1.29, 1.82) is 0 Å². The molecule has 1 aliphatic heterocycles. The lowest BCUT2D eigenvalue weighted by Gasteiger charge is -2.36. The van der Waals surface area contributed by atoms with E-state index in [0.29, 0.717) is 43.9 Å². The average Bonchev–Trinajstić information content (AvgIpc) is 2.84. The van der Waals surface area contributed by atoms with Gasteiger partial charge >= 0.3 is 6.09 Å². The number of aromatic hydroxyl groups is 1. The summed E-state index contributed by atoms with van der Waals surface area (Å²) in [6, 6.07) is 10.7. The van der Waals surface area contributed by atoms with E-state index in [0.717, 1.165) is 15.6 Å². The quantitative estimate of drug-likeness (QED) is 0.508. The zero-order valence-electron chi connectivity index (χ0n) is 23.7. The van der Waals surface area contributed by atoms with Gasteiger partial charge in [-0.3, -0.25) is 4.79 Å². The molecule has 39 heavy (non-hydrogen) atoms. The van der Waals surface area contributed by atoms with Gasteiger partial charge in [-0.25, -0.2) is 17.5 Å². The minimum atomic E-state index is -3.81. The number of anilines is 1. The third-order valence-corrected chi connectivity index (χ3v) is 8.63. The van der Waals surface area contributed by atoms with Gasteiger partial charge in [-0.05, 0) is 75.6 Å². The van der Waals surface area contributed by atoms with E-state index in [1.165, 1.54) is 19.2 Å². The van der Waals surface area contributed by atoms with Gasteiger partial charge in [-0.1, -0.05) is 12.1 Å². The zero-order chi connectivity index (χ0) is 29.0. The van der Waals surface area contributed by atoms with Crippen LogP contribution in [0.25, 0.3) is 0 Å². The highest BCUT2D eigenvalue weighted by Gasteiger charge is 2.27. The van der Waals surface area contributed by atoms with Crippen molar-refractivity contribution in [3.63, 3.8) is 0 Å². The number of hydrogen-bond donors (Lipinski definition) is 2. The molecule has 214 valence electrons. The molecule has 11 heteroatoms. The van der Waals surface area contributed by atoms with Gasteiger partial charge in [-0.15, -0.1) is 0 Å². The van der Waals surface area contributed by atoms with E-state index in [2.05, 4.69) is 10.2 Å². The number of phenolic OH excluding ortho intramolecular Hbond substituents is 1. The first kappa shape index (κ1) is 30.2. The summed E-state index contributed by atoms with van der Waals surface area (Å²) in [6.45, 7) is 11.6. The number of rotatable bonds is 8. The van der Waals surface area contributed by atoms with E-state index in [1.807, 2.05) is 45.0 Å². The molecule has 0 aromatic heterocycles. The Morgan fingerprint density at radius 2 is 1.67 bits per heavy atom. The average molecular weight is 561 g/mol. The molecule has 1 aliphatic rings. The maximum absolute atomic E-state index is 13.1. The molecular weight excluding hydrogens is 520 g/mol. The standard InChI is InChI=1S/C28H40N4O6S/c1-20-16-24(33)17-21(2)26(20)39(36,37)30(6)11-10-25(34)29-19-22-8-7-9-23(18-22)31-12-14-32(15-13-31)27(35)38-28(3,4)5/h7-9,16-18,33H,10-15,19H2,1-6H3,(H,29,34). The number of piperazine rings is 1. The lowest BCUT2D eigenvalue weighted by Crippen LogP contribution is -2.50. The summed E-state index contributed by atoms with van der Waals surface area (Å²) in [6.07, 6.45) is -0.288. The van der Waals surface area contributed by atoms with Crippen LogP contribution in [0.2, 0.25) is 0 Å². The van der Waals surface area contributed by atoms with Crippen molar-refractivity contribution in [3.05, 3.63) is 53.1 Å². The summed E-state index contributed by atoms with van der Waals surface area (Å²) in [7, 11) is -2.37. The molecular formula is C28H40N4O6S. The molecule has 1 fully saturated rings. The Hall–Kier alpha value is -3.31. The molecule has 1 saturated heterocycles. The highest BCUT2D eigenvalue weighted by atomic mass is 32.2. The topological polar surface area (TPSA) is 119 Å². The molecule has 0 saturated carbocycles. The van der Waals surface area contributed by atoms with Crippen molar-refractivity contribution in [2.45, 2.75) is 58.1 Å². The van der Waals surface area contributed by atoms with Gasteiger partial charge in [0, 0.05) is 58.4 Å². The Morgan fingerprint density at radius 3 is 2.26 bits per heavy atom. The lowest BCUT2D eigenvalue weighted by atomic mass is 10.1. The van der Waals surface area contributed by atoms with Gasteiger partial charge in [0.2, 0.25) is 15.9 Å². The molecule has 0 atom stereocenters. The van der Waals surface area contributed by atoms with Crippen molar-refractivity contribution in [2.75, 3.05) is 44.7 Å². The Kier molecular flexibility index (Phi) is 9.50. The Labute approximate surface area is 231 Å². The number of aryl methyl sites for hydroxylation is 2. The molecule has 0 bridgehead atoms. The maximum Gasteiger partial charge on any atom is 0.410 e. The second-order valence-corrected chi connectivity index (χ2v) is 12.9. The summed E-state index contributed by atoms with van der Waals surface area (Å²) in [4.78, 5) is 28.9. The van der Waals surface area contributed by atoms with Gasteiger partial charge in [-0.2, -0.15) is 0 Å². The molecule has 2 aromatic carbocycles. The Bertz CT molecular complexity index is 1270. The smallest absolute Gasteiger partial charge is 0.410 e. The number of phenols is 1. The zero-order valence-corrected chi connectivity index (χ0v) is 24.5. The minimum absolute atomic E-state index is 0.0121. The number of sulfonamides is 1. The van der Waals surface area contributed by atoms with Crippen molar-refractivity contribution >= 4 is 27.7 Å². The Morgan fingerprint density at radius 1 is 1.05 bits per heavy atom. The second-order valence-electron chi connectivity index (χ2n) is 10.9. The van der Waals surface area contributed by atoms with Gasteiger partial charge in [0.25, 0.3) is 0 Å². The molecule has 2 amide bonds. The molecule has 2 N–H and O–H groups in total. The summed E-state index contributed by atoms with van der Waals surface area (Å²) in [5, 5.41) is 12.6. The molecule has 0 spiro atoms. The Balaban J connectivity index is 1.50. The highest BCUT2D eigenvalue weighted by molar-refractivity contribution is 7.89. The van der Waals surface area contributed by atoms with Crippen LogP contribution >= 0.6 is 0 Å². The van der Waals surface area contributed by atoms with Gasteiger partial charge in [0.15, 0.2) is 0 Å². The van der Waals surface area contributed by atoms with E-state index in [-0.39, 0.29) is 35.6 Å². The van der Waals surface area contributed by atoms with E-state index in [9.17, 15) is 23.1 Å². The van der Waals surface area contributed by atoms with E-state index in [4.69, 9.17) is 4.74 Å². The first-order valence-electron chi connectivity index (χ1n) is 13.0. The largest absolute Gasteiger partial charge is 0.508 e. The summed E-state index contributed by atoms with van der Waals surface area (Å²) >= 11 is 0. The lowest BCUT2D eigenvalue weighted by molar-refractivity contribution is -0.121. The highest BCUT2D eigenvalue weighted by Crippen LogP contribution is 2.27. The molecule has 1 heterocycles. The van der Waals surface area contributed by atoms with Crippen LogP contribution in [-0.2, 0) is 26.1 Å². The number of nitrogens with one attached hydrogen (secondary N) is 1. The molecule has 3 rings (SSSR count). The van der Waals surface area contributed by atoms with Crippen molar-refractivity contribution in [3.8, 4) is 5.75 Å². The van der Waals surface area contributed by atoms with Crippen LogP contribution < -0.4 is 10.2 Å². The maximum atomic E-state index is 13.1. The fourth-order valence-electron chi connectivity index (χ4n) is 4.50. The number of carbonyl (C=O) groups excluding carboxylic acids is 2. The normalized spacial score (nSPS) is 14.4. The monoisotopic (exact) mass is 560 g/mol. The molecule has 0 unspecified atom stereocenters. The van der Waals surface area contributed by atoms with Crippen molar-refractivity contribution < 1.29 is 27.9 Å². The minimum Gasteiger partial charge on any atom is -0.508 e. The fourth-order valence-corrected chi connectivity index (χ4v) is 6.07. The molecule has 2 aromatic rings. The predicted molar refractivity (Wildman–Crippen MR) is 150 cm³/mol. The van der Waals surface area contributed by atoms with Crippen molar-refractivity contribution in [2.24, 2.45) is 0 Å². The van der Waals surface area contributed by atoms with Crippen molar-refractivity contribution in [1.82, 2.24) is 14.5 Å². The second kappa shape index (κ2) is 12.3. The third-order valence-electron chi connectivity index (χ3n) is 6.46. The van der Waals surface area contributed by atoms with Crippen LogP contribution in [0.15, 0.2) is 41.3 Å². The third kappa shape index (κ3) is 8.09. The van der Waals surface area contributed by atoms with Crippen LogP contribution in [0.5, 0.6) is 5.75 Å². The number of hydrogen-bond acceptors (Lipinski definition) is 7. The van der Waals surface area contributed by atoms with Crippen LogP contribution in [0.1, 0.15) is 43.9 Å². The van der Waals surface area contributed by atoms with Crippen LogP contribution in [0.4, 0.5) is 10.5 Å². The van der Waals surface area contributed by atoms with E-state index in [1.54, 1.807) is 18.7 Å². The number of benzene rings is 2. The molecule has 0 aliphatic carbocycles. The van der Waals surface area contributed by atoms with E-state index >= 15 is 0 Å². The van der Waals surface area contributed by atoms with Crippen LogP contribution in [-0.4, -0.2) is 80.1 Å². The van der Waals surface area contributed by atoms with Gasteiger partial charge < -0.3 is 25.0 Å². The van der Waals surface area contributed by atoms with Crippen LogP contribution in [0.3, 0.4) is 0 Å².